The van der Waals surface area contributed by atoms with Gasteiger partial charge in [0.2, 0.25) is 5.71 Å². The molecule has 0 atom stereocenters. The van der Waals surface area contributed by atoms with E-state index in [1.54, 1.807) is 6.20 Å². The summed E-state index contributed by atoms with van der Waals surface area (Å²) >= 11 is 0. The van der Waals surface area contributed by atoms with E-state index in [1.807, 2.05) is 48.8 Å². The summed E-state index contributed by atoms with van der Waals surface area (Å²) in [5.74, 6) is 0. The van der Waals surface area contributed by atoms with E-state index in [4.69, 9.17) is 8.83 Å². The van der Waals surface area contributed by atoms with Crippen LogP contribution in [-0.2, 0) is 0 Å². The van der Waals surface area contributed by atoms with Crippen LogP contribution in [0.5, 0.6) is 0 Å². The van der Waals surface area contributed by atoms with Crippen LogP contribution in [0, 0.1) is 0 Å². The minimum Gasteiger partial charge on any atom is -0.456 e. The summed E-state index contributed by atoms with van der Waals surface area (Å²) in [6.45, 7) is 0. The van der Waals surface area contributed by atoms with Crippen LogP contribution in [0.1, 0.15) is 0 Å². The van der Waals surface area contributed by atoms with Gasteiger partial charge in [0, 0.05) is 35.1 Å². The monoisotopic (exact) mass is 577 g/mol. The maximum Gasteiger partial charge on any atom is 0.229 e. The molecule has 10 aromatic rings. The largest absolute Gasteiger partial charge is 0.456 e. The predicted octanol–water partition coefficient (Wildman–Crippen LogP) is 11.2. The van der Waals surface area contributed by atoms with Crippen molar-refractivity contribution in [3.05, 3.63) is 140 Å². The average Bonchev–Trinajstić information content (AvgIpc) is 3.67. The summed E-state index contributed by atoms with van der Waals surface area (Å²) < 4.78 is 12.6. The zero-order valence-corrected chi connectivity index (χ0v) is 23.9. The van der Waals surface area contributed by atoms with Crippen LogP contribution in [0.25, 0.3) is 76.3 Å². The fourth-order valence-corrected chi connectivity index (χ4v) is 7.02. The van der Waals surface area contributed by atoms with Crippen molar-refractivity contribution in [1.82, 2.24) is 9.97 Å². The van der Waals surface area contributed by atoms with Crippen LogP contribution in [-0.4, -0.2) is 9.97 Å². The number of hydrogen-bond donors (Lipinski definition) is 0. The van der Waals surface area contributed by atoms with Crippen LogP contribution >= 0.6 is 0 Å². The average molecular weight is 578 g/mol. The summed E-state index contributed by atoms with van der Waals surface area (Å²) in [5.41, 5.74) is 6.00. The van der Waals surface area contributed by atoms with E-state index in [2.05, 4.69) is 99.8 Å². The maximum atomic E-state index is 6.31. The standard InChI is InChI=1S/C40H23N3O2/c1-2-7-27-24(6-1)12-15-30-28-17-14-26(22-25(28)13-16-29(27)30)43(33-9-5-11-37-38(33)32-23-41-20-19-36(32)44-37)34-18-21-42-40-39(34)31-8-3-4-10-35(31)45-40/h1-23H. The molecule has 4 aromatic heterocycles. The number of para-hydroxylation sites is 1. The van der Waals surface area contributed by atoms with E-state index < -0.39 is 0 Å². The molecule has 0 aliphatic heterocycles. The molecule has 0 N–H and O–H groups in total. The Morgan fingerprint density at radius 2 is 1.20 bits per heavy atom. The van der Waals surface area contributed by atoms with Gasteiger partial charge >= 0.3 is 0 Å². The van der Waals surface area contributed by atoms with Gasteiger partial charge in [-0.1, -0.05) is 78.9 Å². The Morgan fingerprint density at radius 3 is 2.13 bits per heavy atom. The number of hydrogen-bond acceptors (Lipinski definition) is 5. The van der Waals surface area contributed by atoms with E-state index in [0.717, 1.165) is 60.7 Å². The molecule has 210 valence electrons. The molecule has 0 radical (unpaired) electrons. The van der Waals surface area contributed by atoms with E-state index in [-0.39, 0.29) is 0 Å². The minimum absolute atomic E-state index is 0.600. The second-order valence-corrected chi connectivity index (χ2v) is 11.4. The first-order valence-corrected chi connectivity index (χ1v) is 15.0. The molecule has 0 saturated heterocycles. The highest BCUT2D eigenvalue weighted by Gasteiger charge is 2.24. The fraction of sp³-hybridized carbons (Fsp3) is 0. The fourth-order valence-electron chi connectivity index (χ4n) is 7.02. The van der Waals surface area contributed by atoms with Crippen LogP contribution in [0.3, 0.4) is 0 Å². The number of aromatic nitrogens is 2. The quantitative estimate of drug-likeness (QED) is 0.196. The first kappa shape index (κ1) is 24.3. The number of benzene rings is 6. The summed E-state index contributed by atoms with van der Waals surface area (Å²) in [6, 6.07) is 42.6. The van der Waals surface area contributed by atoms with Crippen molar-refractivity contribution in [3.8, 4) is 0 Å². The Morgan fingerprint density at radius 1 is 0.467 bits per heavy atom. The number of anilines is 3. The van der Waals surface area contributed by atoms with Gasteiger partial charge in [-0.3, -0.25) is 4.98 Å². The van der Waals surface area contributed by atoms with Crippen LogP contribution in [0.4, 0.5) is 17.1 Å². The number of rotatable bonds is 3. The van der Waals surface area contributed by atoms with Gasteiger partial charge in [-0.2, -0.15) is 0 Å². The Balaban J connectivity index is 1.30. The van der Waals surface area contributed by atoms with Crippen LogP contribution < -0.4 is 4.90 Å². The van der Waals surface area contributed by atoms with Crippen molar-refractivity contribution in [3.63, 3.8) is 0 Å². The molecule has 0 fully saturated rings. The van der Waals surface area contributed by atoms with Gasteiger partial charge in [-0.25, -0.2) is 4.98 Å². The minimum atomic E-state index is 0.600. The molecule has 0 spiro atoms. The molecule has 0 saturated carbocycles. The maximum absolute atomic E-state index is 6.31. The molecular formula is C40H23N3O2. The highest BCUT2D eigenvalue weighted by atomic mass is 16.3. The summed E-state index contributed by atoms with van der Waals surface area (Å²) in [5, 5.41) is 11.3. The lowest BCUT2D eigenvalue weighted by molar-refractivity contribution is 0.654. The van der Waals surface area contributed by atoms with Crippen molar-refractivity contribution in [2.24, 2.45) is 0 Å². The number of nitrogens with zero attached hydrogens (tertiary/aromatic N) is 3. The van der Waals surface area contributed by atoms with Crippen LogP contribution in [0.15, 0.2) is 149 Å². The molecule has 45 heavy (non-hydrogen) atoms. The Labute approximate surface area is 256 Å². The lowest BCUT2D eigenvalue weighted by Crippen LogP contribution is -2.11. The van der Waals surface area contributed by atoms with Gasteiger partial charge < -0.3 is 13.7 Å². The van der Waals surface area contributed by atoms with Crippen molar-refractivity contribution in [2.45, 2.75) is 0 Å². The molecule has 10 rings (SSSR count). The normalized spacial score (nSPS) is 12.0. The molecule has 4 heterocycles. The van der Waals surface area contributed by atoms with Crippen molar-refractivity contribution < 1.29 is 8.83 Å². The topological polar surface area (TPSA) is 55.3 Å². The molecule has 6 aromatic carbocycles. The number of furan rings is 2. The second kappa shape index (κ2) is 9.15. The summed E-state index contributed by atoms with van der Waals surface area (Å²) in [6.07, 6.45) is 5.47. The van der Waals surface area contributed by atoms with Gasteiger partial charge in [0.05, 0.1) is 22.1 Å². The lowest BCUT2D eigenvalue weighted by atomic mass is 9.96. The molecule has 5 heteroatoms. The smallest absolute Gasteiger partial charge is 0.229 e. The lowest BCUT2D eigenvalue weighted by Gasteiger charge is -2.27. The van der Waals surface area contributed by atoms with Gasteiger partial charge in [-0.15, -0.1) is 0 Å². The molecule has 0 bridgehead atoms. The third-order valence-electron chi connectivity index (χ3n) is 9.00. The number of fused-ring (bicyclic) bond motifs is 11. The predicted molar refractivity (Wildman–Crippen MR) is 184 cm³/mol. The van der Waals surface area contributed by atoms with Crippen molar-refractivity contribution in [1.29, 1.82) is 0 Å². The summed E-state index contributed by atoms with van der Waals surface area (Å²) in [4.78, 5) is 11.4. The third kappa shape index (κ3) is 3.49. The van der Waals surface area contributed by atoms with E-state index in [9.17, 15) is 0 Å². The zero-order chi connectivity index (χ0) is 29.5. The molecule has 0 unspecified atom stereocenters. The Bertz CT molecular complexity index is 2680. The van der Waals surface area contributed by atoms with Gasteiger partial charge in [-0.05, 0) is 74.8 Å². The second-order valence-electron chi connectivity index (χ2n) is 11.4. The van der Waals surface area contributed by atoms with Gasteiger partial charge in [0.1, 0.15) is 16.7 Å². The van der Waals surface area contributed by atoms with Crippen LogP contribution in [0.2, 0.25) is 0 Å². The highest BCUT2D eigenvalue weighted by Crippen LogP contribution is 2.47. The third-order valence-corrected chi connectivity index (χ3v) is 9.00. The summed E-state index contributed by atoms with van der Waals surface area (Å²) in [7, 11) is 0. The number of pyridine rings is 2. The highest BCUT2D eigenvalue weighted by molar-refractivity contribution is 6.19. The zero-order valence-electron chi connectivity index (χ0n) is 23.9. The van der Waals surface area contributed by atoms with Gasteiger partial charge in [0.15, 0.2) is 0 Å². The molecule has 0 amide bonds. The Hall–Kier alpha value is -6.20. The first-order chi connectivity index (χ1) is 22.3. The first-order valence-electron chi connectivity index (χ1n) is 15.0. The molecule has 5 nitrogen and oxygen atoms in total. The van der Waals surface area contributed by atoms with Crippen molar-refractivity contribution >= 4 is 93.4 Å². The Kier molecular flexibility index (Phi) is 4.93. The van der Waals surface area contributed by atoms with Crippen molar-refractivity contribution in [2.75, 3.05) is 4.90 Å². The van der Waals surface area contributed by atoms with E-state index >= 15 is 0 Å². The van der Waals surface area contributed by atoms with Gasteiger partial charge in [0.25, 0.3) is 0 Å². The van der Waals surface area contributed by atoms with E-state index in [0.29, 0.717) is 5.71 Å². The molecule has 0 aliphatic carbocycles. The SMILES string of the molecule is c1ccc2c(c1)ccc1c3ccc(N(c4cccc5oc6ccncc6c45)c4ccnc5oc6ccccc6c45)cc3ccc21. The van der Waals surface area contributed by atoms with E-state index in [1.165, 1.54) is 26.9 Å². The molecular weight excluding hydrogens is 554 g/mol. The molecule has 0 aliphatic rings.